The van der Waals surface area contributed by atoms with E-state index in [2.05, 4.69) is 15.5 Å². The van der Waals surface area contributed by atoms with Crippen molar-refractivity contribution in [3.63, 3.8) is 0 Å². The number of likely N-dealkylation sites (tertiary alicyclic amines) is 1. The number of amides is 1. The molecule has 1 aliphatic rings. The van der Waals surface area contributed by atoms with E-state index in [1.165, 1.54) is 6.42 Å². The SMILES string of the molecule is CCc1noc2ncc(C(=O)N3CCC(CCNC)CC3)cc12. The van der Waals surface area contributed by atoms with E-state index in [0.717, 1.165) is 55.9 Å². The lowest BCUT2D eigenvalue weighted by Crippen LogP contribution is -2.39. The normalized spacial score (nSPS) is 16.2. The third kappa shape index (κ3) is 3.37. The van der Waals surface area contributed by atoms with Crippen LogP contribution in [0.3, 0.4) is 0 Å². The molecule has 6 nitrogen and oxygen atoms in total. The molecule has 3 rings (SSSR count). The summed E-state index contributed by atoms with van der Waals surface area (Å²) in [5, 5.41) is 8.04. The molecule has 6 heteroatoms. The molecule has 1 N–H and O–H groups in total. The molecule has 1 aliphatic heterocycles. The molecule has 2 aromatic rings. The summed E-state index contributed by atoms with van der Waals surface area (Å²) in [4.78, 5) is 18.9. The van der Waals surface area contributed by atoms with Crippen LogP contribution in [0.25, 0.3) is 11.1 Å². The Bertz CT molecular complexity index is 674. The van der Waals surface area contributed by atoms with Gasteiger partial charge in [-0.3, -0.25) is 4.79 Å². The molecular formula is C17H24N4O2. The van der Waals surface area contributed by atoms with Crippen LogP contribution >= 0.6 is 0 Å². The lowest BCUT2D eigenvalue weighted by Gasteiger charge is -2.32. The zero-order valence-corrected chi connectivity index (χ0v) is 13.8. The number of carbonyl (C=O) groups excluding carboxylic acids is 1. The molecule has 23 heavy (non-hydrogen) atoms. The Labute approximate surface area is 136 Å². The summed E-state index contributed by atoms with van der Waals surface area (Å²) in [6.07, 6.45) is 5.71. The van der Waals surface area contributed by atoms with Gasteiger partial charge in [0.25, 0.3) is 11.6 Å². The Morgan fingerprint density at radius 3 is 2.91 bits per heavy atom. The summed E-state index contributed by atoms with van der Waals surface area (Å²) in [5.74, 6) is 0.784. The first kappa shape index (κ1) is 15.9. The van der Waals surface area contributed by atoms with Crippen LogP contribution in [-0.4, -0.2) is 47.6 Å². The van der Waals surface area contributed by atoms with Gasteiger partial charge < -0.3 is 14.7 Å². The third-order valence-corrected chi connectivity index (χ3v) is 4.69. The highest BCUT2D eigenvalue weighted by Gasteiger charge is 2.24. The maximum absolute atomic E-state index is 12.7. The minimum absolute atomic E-state index is 0.0646. The van der Waals surface area contributed by atoms with Crippen molar-refractivity contribution in [1.29, 1.82) is 0 Å². The highest BCUT2D eigenvalue weighted by atomic mass is 16.5. The van der Waals surface area contributed by atoms with Crippen molar-refractivity contribution in [1.82, 2.24) is 20.4 Å². The van der Waals surface area contributed by atoms with E-state index >= 15 is 0 Å². The molecule has 0 atom stereocenters. The molecule has 124 valence electrons. The molecule has 0 spiro atoms. The van der Waals surface area contributed by atoms with Crippen molar-refractivity contribution in [2.24, 2.45) is 5.92 Å². The van der Waals surface area contributed by atoms with Crippen LogP contribution < -0.4 is 5.32 Å². The standard InChI is InChI=1S/C17H24N4O2/c1-3-15-14-10-13(11-19-16(14)23-20-15)17(22)21-8-5-12(6-9-21)4-7-18-2/h10-12,18H,3-9H2,1-2H3. The number of nitrogens with zero attached hydrogens (tertiary/aromatic N) is 3. The van der Waals surface area contributed by atoms with Gasteiger partial charge in [0.05, 0.1) is 16.6 Å². The van der Waals surface area contributed by atoms with Gasteiger partial charge in [0.2, 0.25) is 0 Å². The van der Waals surface area contributed by atoms with Gasteiger partial charge in [0.1, 0.15) is 0 Å². The summed E-state index contributed by atoms with van der Waals surface area (Å²) in [6.45, 7) is 4.72. The molecule has 0 unspecified atom stereocenters. The maximum atomic E-state index is 12.7. The van der Waals surface area contributed by atoms with E-state index < -0.39 is 0 Å². The minimum atomic E-state index is 0.0646. The van der Waals surface area contributed by atoms with Gasteiger partial charge in [-0.05, 0) is 51.3 Å². The first-order valence-corrected chi connectivity index (χ1v) is 8.41. The van der Waals surface area contributed by atoms with Crippen LogP contribution in [0.5, 0.6) is 0 Å². The van der Waals surface area contributed by atoms with E-state index in [-0.39, 0.29) is 5.91 Å². The van der Waals surface area contributed by atoms with Crippen molar-refractivity contribution in [2.45, 2.75) is 32.6 Å². The predicted molar refractivity (Wildman–Crippen MR) is 88.4 cm³/mol. The van der Waals surface area contributed by atoms with Crippen LogP contribution in [0.1, 0.15) is 42.2 Å². The average molecular weight is 316 g/mol. The number of aryl methyl sites for hydroxylation is 1. The Morgan fingerprint density at radius 2 is 2.22 bits per heavy atom. The number of fused-ring (bicyclic) bond motifs is 1. The zero-order valence-electron chi connectivity index (χ0n) is 13.8. The number of pyridine rings is 1. The second-order valence-corrected chi connectivity index (χ2v) is 6.19. The molecule has 0 bridgehead atoms. The summed E-state index contributed by atoms with van der Waals surface area (Å²) in [5.41, 5.74) is 1.99. The summed E-state index contributed by atoms with van der Waals surface area (Å²) in [7, 11) is 1.98. The average Bonchev–Trinajstić information content (AvgIpc) is 3.02. The van der Waals surface area contributed by atoms with E-state index in [9.17, 15) is 4.79 Å². The van der Waals surface area contributed by atoms with Gasteiger partial charge in [-0.1, -0.05) is 12.1 Å². The smallest absolute Gasteiger partial charge is 0.257 e. The molecule has 0 radical (unpaired) electrons. The zero-order chi connectivity index (χ0) is 16.2. The van der Waals surface area contributed by atoms with Crippen molar-refractivity contribution in [2.75, 3.05) is 26.7 Å². The molecule has 1 saturated heterocycles. The molecular weight excluding hydrogens is 292 g/mol. The number of piperidine rings is 1. The largest absolute Gasteiger partial charge is 0.339 e. The molecule has 0 aliphatic carbocycles. The lowest BCUT2D eigenvalue weighted by atomic mass is 9.93. The number of aromatic nitrogens is 2. The van der Waals surface area contributed by atoms with Crippen molar-refractivity contribution < 1.29 is 9.32 Å². The molecule has 1 fully saturated rings. The third-order valence-electron chi connectivity index (χ3n) is 4.69. The number of carbonyl (C=O) groups is 1. The van der Waals surface area contributed by atoms with Crippen LogP contribution in [0, 0.1) is 5.92 Å². The Kier molecular flexibility index (Phi) is 4.91. The van der Waals surface area contributed by atoms with E-state index in [0.29, 0.717) is 11.3 Å². The summed E-state index contributed by atoms with van der Waals surface area (Å²) in [6, 6.07) is 1.87. The minimum Gasteiger partial charge on any atom is -0.339 e. The van der Waals surface area contributed by atoms with Gasteiger partial charge in [-0.15, -0.1) is 0 Å². The first-order valence-electron chi connectivity index (χ1n) is 8.41. The van der Waals surface area contributed by atoms with E-state index in [1.54, 1.807) is 6.20 Å². The number of hydrogen-bond acceptors (Lipinski definition) is 5. The Hall–Kier alpha value is -1.95. The fraction of sp³-hybridized carbons (Fsp3) is 0.588. The van der Waals surface area contributed by atoms with Gasteiger partial charge in [-0.25, -0.2) is 4.98 Å². The van der Waals surface area contributed by atoms with Crippen LogP contribution in [0.4, 0.5) is 0 Å². The summed E-state index contributed by atoms with van der Waals surface area (Å²) < 4.78 is 5.18. The summed E-state index contributed by atoms with van der Waals surface area (Å²) >= 11 is 0. The molecule has 2 aromatic heterocycles. The predicted octanol–water partition coefficient (Wildman–Crippen LogP) is 2.25. The first-order chi connectivity index (χ1) is 11.2. The van der Waals surface area contributed by atoms with Gasteiger partial charge in [0.15, 0.2) is 0 Å². The van der Waals surface area contributed by atoms with Crippen LogP contribution in [-0.2, 0) is 6.42 Å². The number of hydrogen-bond donors (Lipinski definition) is 1. The van der Waals surface area contributed by atoms with Gasteiger partial charge in [0, 0.05) is 19.3 Å². The number of nitrogens with one attached hydrogen (secondary N) is 1. The van der Waals surface area contributed by atoms with Gasteiger partial charge >= 0.3 is 0 Å². The quantitative estimate of drug-likeness (QED) is 0.916. The van der Waals surface area contributed by atoms with Crippen molar-refractivity contribution in [3.05, 3.63) is 23.5 Å². The van der Waals surface area contributed by atoms with Crippen LogP contribution in [0.2, 0.25) is 0 Å². The van der Waals surface area contributed by atoms with Crippen LogP contribution in [0.15, 0.2) is 16.8 Å². The van der Waals surface area contributed by atoms with Crippen molar-refractivity contribution >= 4 is 17.0 Å². The molecule has 1 amide bonds. The van der Waals surface area contributed by atoms with Crippen molar-refractivity contribution in [3.8, 4) is 0 Å². The fourth-order valence-corrected chi connectivity index (χ4v) is 3.21. The second kappa shape index (κ2) is 7.08. The van der Waals surface area contributed by atoms with E-state index in [1.807, 2.05) is 24.9 Å². The molecule has 0 aromatic carbocycles. The molecule has 0 saturated carbocycles. The Balaban J connectivity index is 1.69. The highest BCUT2D eigenvalue weighted by Crippen LogP contribution is 2.23. The van der Waals surface area contributed by atoms with E-state index in [4.69, 9.17) is 4.52 Å². The fourth-order valence-electron chi connectivity index (χ4n) is 3.21. The highest BCUT2D eigenvalue weighted by molar-refractivity contribution is 5.97. The topological polar surface area (TPSA) is 71.3 Å². The maximum Gasteiger partial charge on any atom is 0.257 e. The lowest BCUT2D eigenvalue weighted by molar-refractivity contribution is 0.0687. The second-order valence-electron chi connectivity index (χ2n) is 6.19. The number of rotatable bonds is 5. The molecule has 3 heterocycles. The Morgan fingerprint density at radius 1 is 1.43 bits per heavy atom. The monoisotopic (exact) mass is 316 g/mol. The van der Waals surface area contributed by atoms with Gasteiger partial charge in [-0.2, -0.15) is 0 Å².